The average molecular weight is 232 g/mol. The van der Waals surface area contributed by atoms with Crippen molar-refractivity contribution in [2.24, 2.45) is 0 Å². The summed E-state index contributed by atoms with van der Waals surface area (Å²) in [7, 11) is 0. The van der Waals surface area contributed by atoms with E-state index in [1.807, 2.05) is 0 Å². The van der Waals surface area contributed by atoms with Crippen molar-refractivity contribution < 1.29 is 9.59 Å². The van der Waals surface area contributed by atoms with Crippen molar-refractivity contribution in [1.82, 2.24) is 0 Å². The fraction of sp³-hybridized carbons (Fsp3) is 0.600. The number of hydrogen-bond acceptors (Lipinski definition) is 1. The van der Waals surface area contributed by atoms with Gasteiger partial charge in [0.2, 0.25) is 0 Å². The Morgan fingerprint density at radius 3 is 2.41 bits per heavy atom. The molecule has 2 heteroatoms. The van der Waals surface area contributed by atoms with Crippen LogP contribution in [0.4, 0.5) is 0 Å². The minimum atomic E-state index is -0.324. The highest BCUT2D eigenvalue weighted by Gasteiger charge is 2.44. The van der Waals surface area contributed by atoms with Gasteiger partial charge in [0.15, 0.2) is 0 Å². The van der Waals surface area contributed by atoms with Gasteiger partial charge < -0.3 is 9.59 Å². The molecule has 4 rings (SSSR count). The first-order valence-corrected chi connectivity index (χ1v) is 6.81. The van der Waals surface area contributed by atoms with Crippen molar-refractivity contribution in [3.05, 3.63) is 35.9 Å². The second-order valence-electron chi connectivity index (χ2n) is 5.98. The van der Waals surface area contributed by atoms with E-state index < -0.39 is 0 Å². The van der Waals surface area contributed by atoms with Crippen molar-refractivity contribution >= 4 is 0 Å². The van der Waals surface area contributed by atoms with Gasteiger partial charge >= 0.3 is 0 Å². The van der Waals surface area contributed by atoms with E-state index >= 15 is 0 Å². The van der Waals surface area contributed by atoms with Crippen molar-refractivity contribution in [3.8, 4) is 0 Å². The maximum absolute atomic E-state index is 10.4. The number of quaternary nitrogens is 1. The Balaban J connectivity index is 1.78. The molecule has 0 unspecified atom stereocenters. The summed E-state index contributed by atoms with van der Waals surface area (Å²) in [6.07, 6.45) is 4.20. The lowest BCUT2D eigenvalue weighted by Crippen LogP contribution is -2.54. The van der Waals surface area contributed by atoms with E-state index in [1.165, 1.54) is 23.0 Å². The first kappa shape index (κ1) is 11.2. The van der Waals surface area contributed by atoms with Crippen molar-refractivity contribution in [3.63, 3.8) is 0 Å². The molecule has 0 atom stereocenters. The van der Waals surface area contributed by atoms with Crippen molar-refractivity contribution in [2.45, 2.75) is 37.8 Å². The summed E-state index contributed by atoms with van der Waals surface area (Å²) in [5.74, 6) is 0. The zero-order valence-corrected chi connectivity index (χ0v) is 10.4. The van der Waals surface area contributed by atoms with E-state index in [9.17, 15) is 5.11 Å². The minimum absolute atomic E-state index is 0.324. The Morgan fingerprint density at radius 2 is 1.71 bits per heavy atom. The SMILES string of the molecule is OC12CCC[N+](Cc3ccccc3)(CC1)CC2. The molecule has 3 heterocycles. The zero-order chi connectivity index (χ0) is 11.8. The molecule has 0 radical (unpaired) electrons. The summed E-state index contributed by atoms with van der Waals surface area (Å²) in [4.78, 5) is 0. The van der Waals surface area contributed by atoms with Crippen LogP contribution in [0, 0.1) is 0 Å². The maximum atomic E-state index is 10.4. The highest BCUT2D eigenvalue weighted by atomic mass is 16.3. The van der Waals surface area contributed by atoms with Crippen LogP contribution >= 0.6 is 0 Å². The molecule has 0 saturated carbocycles. The fourth-order valence-electron chi connectivity index (χ4n) is 3.55. The topological polar surface area (TPSA) is 20.2 Å². The largest absolute Gasteiger partial charge is 0.389 e. The lowest BCUT2D eigenvalue weighted by molar-refractivity contribution is -0.944. The molecule has 17 heavy (non-hydrogen) atoms. The number of benzene rings is 1. The Kier molecular flexibility index (Phi) is 2.72. The number of aliphatic hydroxyl groups is 1. The third-order valence-corrected chi connectivity index (χ3v) is 4.74. The van der Waals surface area contributed by atoms with Crippen LogP contribution in [0.15, 0.2) is 30.3 Å². The van der Waals surface area contributed by atoms with Crippen LogP contribution in [0.25, 0.3) is 0 Å². The summed E-state index contributed by atoms with van der Waals surface area (Å²) >= 11 is 0. The number of fused-ring (bicyclic) bond motifs is 4. The van der Waals surface area contributed by atoms with Crippen LogP contribution in [0.2, 0.25) is 0 Å². The molecule has 1 N–H and O–H groups in total. The standard InChI is InChI=1S/C15H22NO/c17-15-7-4-10-16(11-8-15,12-9-15)13-14-5-2-1-3-6-14/h1-3,5-6,17H,4,7-13H2/q+1. The molecule has 2 bridgehead atoms. The zero-order valence-electron chi connectivity index (χ0n) is 10.4. The van der Waals surface area contributed by atoms with Gasteiger partial charge in [-0.15, -0.1) is 0 Å². The first-order chi connectivity index (χ1) is 8.20. The fourth-order valence-corrected chi connectivity index (χ4v) is 3.55. The molecule has 0 amide bonds. The predicted molar refractivity (Wildman–Crippen MR) is 68.4 cm³/mol. The summed E-state index contributed by atoms with van der Waals surface area (Å²) in [5.41, 5.74) is 1.12. The predicted octanol–water partition coefficient (Wildman–Crippen LogP) is 2.32. The van der Waals surface area contributed by atoms with Gasteiger partial charge in [-0.3, -0.25) is 0 Å². The molecule has 3 aliphatic rings. The Labute approximate surface area is 103 Å². The molecule has 0 aliphatic carbocycles. The third-order valence-electron chi connectivity index (χ3n) is 4.74. The van der Waals surface area contributed by atoms with Gasteiger partial charge in [0.05, 0.1) is 25.2 Å². The van der Waals surface area contributed by atoms with E-state index in [-0.39, 0.29) is 5.60 Å². The number of piperidine rings is 1. The molecule has 0 spiro atoms. The summed E-state index contributed by atoms with van der Waals surface area (Å²) < 4.78 is 1.20. The van der Waals surface area contributed by atoms with Gasteiger partial charge in [0.25, 0.3) is 0 Å². The molecule has 3 aliphatic heterocycles. The maximum Gasteiger partial charge on any atom is 0.104 e. The molecule has 3 saturated heterocycles. The van der Waals surface area contributed by atoms with Crippen LogP contribution in [0.5, 0.6) is 0 Å². The average Bonchev–Trinajstić information content (AvgIpc) is 2.60. The highest BCUT2D eigenvalue weighted by molar-refractivity contribution is 5.13. The van der Waals surface area contributed by atoms with Crippen molar-refractivity contribution in [1.29, 1.82) is 0 Å². The molecule has 3 fully saturated rings. The van der Waals surface area contributed by atoms with Gasteiger partial charge in [0, 0.05) is 18.4 Å². The number of nitrogens with zero attached hydrogens (tertiary/aromatic N) is 1. The highest BCUT2D eigenvalue weighted by Crippen LogP contribution is 2.36. The van der Waals surface area contributed by atoms with Gasteiger partial charge in [-0.2, -0.15) is 0 Å². The first-order valence-electron chi connectivity index (χ1n) is 6.81. The van der Waals surface area contributed by atoms with Gasteiger partial charge in [-0.05, 0) is 12.8 Å². The van der Waals surface area contributed by atoms with Crippen molar-refractivity contribution in [2.75, 3.05) is 19.6 Å². The van der Waals surface area contributed by atoms with Crippen LogP contribution in [-0.2, 0) is 6.54 Å². The number of rotatable bonds is 2. The Bertz CT molecular complexity index is 379. The molecular weight excluding hydrogens is 210 g/mol. The second kappa shape index (κ2) is 4.11. The van der Waals surface area contributed by atoms with Crippen LogP contribution < -0.4 is 0 Å². The monoisotopic (exact) mass is 232 g/mol. The number of hydrogen-bond donors (Lipinski definition) is 1. The Hall–Kier alpha value is -0.860. The van der Waals surface area contributed by atoms with Gasteiger partial charge in [0.1, 0.15) is 6.54 Å². The van der Waals surface area contributed by atoms with E-state index in [0.717, 1.165) is 38.9 Å². The van der Waals surface area contributed by atoms with Crippen LogP contribution in [-0.4, -0.2) is 34.8 Å². The smallest absolute Gasteiger partial charge is 0.104 e. The molecule has 0 aromatic heterocycles. The van der Waals surface area contributed by atoms with E-state index in [2.05, 4.69) is 30.3 Å². The molecule has 2 nitrogen and oxygen atoms in total. The van der Waals surface area contributed by atoms with Gasteiger partial charge in [-0.1, -0.05) is 30.3 Å². The summed E-state index contributed by atoms with van der Waals surface area (Å²) in [6.45, 7) is 4.71. The summed E-state index contributed by atoms with van der Waals surface area (Å²) in [6, 6.07) is 10.8. The van der Waals surface area contributed by atoms with E-state index in [1.54, 1.807) is 0 Å². The molecule has 1 aromatic rings. The quantitative estimate of drug-likeness (QED) is 0.776. The normalized spacial score (nSPS) is 36.8. The Morgan fingerprint density at radius 1 is 1.00 bits per heavy atom. The van der Waals surface area contributed by atoms with Crippen LogP contribution in [0.3, 0.4) is 0 Å². The lowest BCUT2D eigenvalue weighted by atomic mass is 9.89. The van der Waals surface area contributed by atoms with E-state index in [4.69, 9.17) is 0 Å². The second-order valence-corrected chi connectivity index (χ2v) is 5.98. The lowest BCUT2D eigenvalue weighted by Gasteiger charge is -2.43. The van der Waals surface area contributed by atoms with Crippen LogP contribution in [0.1, 0.15) is 31.2 Å². The van der Waals surface area contributed by atoms with Gasteiger partial charge in [-0.25, -0.2) is 0 Å². The summed E-state index contributed by atoms with van der Waals surface area (Å²) in [5, 5.41) is 10.4. The minimum Gasteiger partial charge on any atom is -0.389 e. The van der Waals surface area contributed by atoms with E-state index in [0.29, 0.717) is 0 Å². The molecule has 92 valence electrons. The third kappa shape index (κ3) is 2.24. The molecule has 1 aromatic carbocycles. The molecular formula is C15H22NO+.